The Morgan fingerprint density at radius 1 is 1.04 bits per heavy atom. The van der Waals surface area contributed by atoms with Gasteiger partial charge in [-0.3, -0.25) is 4.79 Å². The molecule has 2 aromatic carbocycles. The van der Waals surface area contributed by atoms with Crippen molar-refractivity contribution in [3.05, 3.63) is 53.1 Å². The summed E-state index contributed by atoms with van der Waals surface area (Å²) in [6, 6.07) is 11.7. The van der Waals surface area contributed by atoms with Gasteiger partial charge in [0.05, 0.1) is 15.5 Å². The van der Waals surface area contributed by atoms with Crippen molar-refractivity contribution in [3.63, 3.8) is 0 Å². The minimum absolute atomic E-state index is 0.0139. The van der Waals surface area contributed by atoms with Crippen molar-refractivity contribution >= 4 is 38.9 Å². The van der Waals surface area contributed by atoms with Crippen LogP contribution in [0.15, 0.2) is 47.4 Å². The number of benzene rings is 2. The average molecular weight is 408 g/mol. The Morgan fingerprint density at radius 2 is 1.70 bits per heavy atom. The Bertz CT molecular complexity index is 924. The van der Waals surface area contributed by atoms with Crippen LogP contribution in [0.5, 0.6) is 0 Å². The fourth-order valence-electron chi connectivity index (χ4n) is 3.07. The molecule has 0 bridgehead atoms. The van der Waals surface area contributed by atoms with E-state index < -0.39 is 15.9 Å². The summed E-state index contributed by atoms with van der Waals surface area (Å²) in [5, 5.41) is 2.96. The molecule has 0 radical (unpaired) electrons. The fraction of sp³-hybridized carbons (Fsp3) is 0.316. The number of hydrogen-bond donors (Lipinski definition) is 2. The lowest BCUT2D eigenvalue weighted by Crippen LogP contribution is -2.29. The van der Waals surface area contributed by atoms with E-state index >= 15 is 0 Å². The summed E-state index contributed by atoms with van der Waals surface area (Å²) in [5.41, 5.74) is 1.86. The molecule has 144 valence electrons. The lowest BCUT2D eigenvalue weighted by Gasteiger charge is -2.28. The monoisotopic (exact) mass is 407 g/mol. The molecule has 1 amide bonds. The molecule has 1 heterocycles. The van der Waals surface area contributed by atoms with Gasteiger partial charge in [0.2, 0.25) is 10.0 Å². The molecule has 1 fully saturated rings. The smallest absolute Gasteiger partial charge is 0.257 e. The molecule has 1 aliphatic heterocycles. The first kappa shape index (κ1) is 19.7. The Kier molecular flexibility index (Phi) is 6.04. The van der Waals surface area contributed by atoms with Crippen LogP contribution in [-0.2, 0) is 10.0 Å². The van der Waals surface area contributed by atoms with Crippen LogP contribution < -0.4 is 14.9 Å². The van der Waals surface area contributed by atoms with Gasteiger partial charge in [-0.2, -0.15) is 0 Å². The first-order valence-electron chi connectivity index (χ1n) is 8.80. The Labute approximate surface area is 164 Å². The molecule has 6 nitrogen and oxygen atoms in total. The largest absolute Gasteiger partial charge is 0.372 e. The van der Waals surface area contributed by atoms with Crippen molar-refractivity contribution in [1.29, 1.82) is 0 Å². The fourth-order valence-corrected chi connectivity index (χ4v) is 4.03. The molecular formula is C19H22ClN3O3S. The number of rotatable bonds is 5. The van der Waals surface area contributed by atoms with Gasteiger partial charge in [-0.05, 0) is 68.8 Å². The van der Waals surface area contributed by atoms with E-state index in [0.29, 0.717) is 5.69 Å². The van der Waals surface area contributed by atoms with Crippen LogP contribution in [0.25, 0.3) is 0 Å². The summed E-state index contributed by atoms with van der Waals surface area (Å²) in [6.45, 7) is 2.10. The third kappa shape index (κ3) is 4.61. The quantitative estimate of drug-likeness (QED) is 0.795. The van der Waals surface area contributed by atoms with Crippen LogP contribution in [-0.4, -0.2) is 34.5 Å². The topological polar surface area (TPSA) is 78.5 Å². The molecule has 3 rings (SSSR count). The van der Waals surface area contributed by atoms with Crippen LogP contribution in [0.2, 0.25) is 5.02 Å². The van der Waals surface area contributed by atoms with Crippen LogP contribution in [0.1, 0.15) is 29.6 Å². The van der Waals surface area contributed by atoms with Crippen LogP contribution >= 0.6 is 11.6 Å². The third-order valence-electron chi connectivity index (χ3n) is 4.61. The molecule has 0 spiro atoms. The van der Waals surface area contributed by atoms with Crippen molar-refractivity contribution in [2.24, 2.45) is 0 Å². The van der Waals surface area contributed by atoms with Gasteiger partial charge >= 0.3 is 0 Å². The molecule has 0 atom stereocenters. The van der Waals surface area contributed by atoms with Gasteiger partial charge < -0.3 is 10.2 Å². The van der Waals surface area contributed by atoms with Gasteiger partial charge in [-0.15, -0.1) is 0 Å². The van der Waals surface area contributed by atoms with Gasteiger partial charge in [0.1, 0.15) is 0 Å². The van der Waals surface area contributed by atoms with E-state index in [2.05, 4.69) is 14.9 Å². The summed E-state index contributed by atoms with van der Waals surface area (Å²) >= 11 is 6.09. The van der Waals surface area contributed by atoms with Crippen molar-refractivity contribution in [3.8, 4) is 0 Å². The Morgan fingerprint density at radius 3 is 2.33 bits per heavy atom. The molecule has 0 saturated carbocycles. The number of piperidine rings is 1. The summed E-state index contributed by atoms with van der Waals surface area (Å²) in [7, 11) is -2.34. The van der Waals surface area contributed by atoms with Gasteiger partial charge in [0.25, 0.3) is 5.91 Å². The van der Waals surface area contributed by atoms with E-state index in [1.165, 1.54) is 44.5 Å². The SMILES string of the molecule is CNS(=O)(=O)c1ccc(Cl)c(C(=O)Nc2ccc(N3CCCCC3)cc2)c1. The highest BCUT2D eigenvalue weighted by Gasteiger charge is 2.18. The zero-order valence-electron chi connectivity index (χ0n) is 15.0. The number of halogens is 1. The molecule has 1 aliphatic rings. The van der Waals surface area contributed by atoms with E-state index in [1.807, 2.05) is 24.3 Å². The minimum Gasteiger partial charge on any atom is -0.372 e. The molecule has 27 heavy (non-hydrogen) atoms. The number of amides is 1. The van der Waals surface area contributed by atoms with Crippen LogP contribution in [0, 0.1) is 0 Å². The van der Waals surface area contributed by atoms with E-state index in [1.54, 1.807) is 0 Å². The summed E-state index contributed by atoms with van der Waals surface area (Å²) in [6.07, 6.45) is 3.67. The van der Waals surface area contributed by atoms with E-state index in [4.69, 9.17) is 11.6 Å². The second-order valence-corrected chi connectivity index (χ2v) is 8.69. The van der Waals surface area contributed by atoms with E-state index in [0.717, 1.165) is 18.8 Å². The molecule has 1 saturated heterocycles. The Balaban J connectivity index is 1.76. The number of nitrogens with one attached hydrogen (secondary N) is 2. The van der Waals surface area contributed by atoms with Crippen molar-refractivity contribution in [2.75, 3.05) is 30.4 Å². The number of nitrogens with zero attached hydrogens (tertiary/aromatic N) is 1. The molecular weight excluding hydrogens is 386 g/mol. The number of sulfonamides is 1. The highest BCUT2D eigenvalue weighted by atomic mass is 35.5. The lowest BCUT2D eigenvalue weighted by atomic mass is 10.1. The van der Waals surface area contributed by atoms with Crippen LogP contribution in [0.4, 0.5) is 11.4 Å². The highest BCUT2D eigenvalue weighted by Crippen LogP contribution is 2.24. The molecule has 0 aliphatic carbocycles. The number of carbonyl (C=O) groups excluding carboxylic acids is 1. The number of carbonyl (C=O) groups is 1. The minimum atomic E-state index is -3.66. The normalized spacial score (nSPS) is 14.8. The molecule has 8 heteroatoms. The third-order valence-corrected chi connectivity index (χ3v) is 6.35. The van der Waals surface area contributed by atoms with Gasteiger partial charge in [-0.1, -0.05) is 11.6 Å². The number of anilines is 2. The number of hydrogen-bond acceptors (Lipinski definition) is 4. The maximum Gasteiger partial charge on any atom is 0.257 e. The highest BCUT2D eigenvalue weighted by molar-refractivity contribution is 7.89. The predicted octanol–water partition coefficient (Wildman–Crippen LogP) is 3.49. The van der Waals surface area contributed by atoms with Crippen molar-refractivity contribution in [1.82, 2.24) is 4.72 Å². The average Bonchev–Trinajstić information content (AvgIpc) is 2.69. The zero-order chi connectivity index (χ0) is 19.4. The first-order chi connectivity index (χ1) is 12.9. The summed E-state index contributed by atoms with van der Waals surface area (Å²) in [5.74, 6) is -0.459. The summed E-state index contributed by atoms with van der Waals surface area (Å²) < 4.78 is 26.1. The van der Waals surface area contributed by atoms with Gasteiger partial charge in [0.15, 0.2) is 0 Å². The summed E-state index contributed by atoms with van der Waals surface area (Å²) in [4.78, 5) is 14.9. The maximum absolute atomic E-state index is 12.6. The zero-order valence-corrected chi connectivity index (χ0v) is 16.6. The van der Waals surface area contributed by atoms with Gasteiger partial charge in [0, 0.05) is 24.5 Å². The molecule has 0 unspecified atom stereocenters. The lowest BCUT2D eigenvalue weighted by molar-refractivity contribution is 0.102. The van der Waals surface area contributed by atoms with Gasteiger partial charge in [-0.25, -0.2) is 13.1 Å². The second-order valence-electron chi connectivity index (χ2n) is 6.40. The second kappa shape index (κ2) is 8.29. The molecule has 0 aromatic heterocycles. The van der Waals surface area contributed by atoms with Crippen molar-refractivity contribution in [2.45, 2.75) is 24.2 Å². The first-order valence-corrected chi connectivity index (χ1v) is 10.7. The van der Waals surface area contributed by atoms with Crippen LogP contribution in [0.3, 0.4) is 0 Å². The Hall–Kier alpha value is -2.09. The maximum atomic E-state index is 12.6. The van der Waals surface area contributed by atoms with Crippen molar-refractivity contribution < 1.29 is 13.2 Å². The predicted molar refractivity (Wildman–Crippen MR) is 108 cm³/mol. The molecule has 2 N–H and O–H groups in total. The van der Waals surface area contributed by atoms with E-state index in [-0.39, 0.29) is 15.5 Å². The standard InChI is InChI=1S/C19H22ClN3O3S/c1-21-27(25,26)16-9-10-18(20)17(13-16)19(24)22-14-5-7-15(8-6-14)23-11-3-2-4-12-23/h5-10,13,21H,2-4,11-12H2,1H3,(H,22,24). The van der Waals surface area contributed by atoms with E-state index in [9.17, 15) is 13.2 Å². The molecule has 2 aromatic rings.